The molecule has 0 bridgehead atoms. The van der Waals surface area contributed by atoms with Gasteiger partial charge in [-0.15, -0.1) is 0 Å². The number of methoxy groups -OCH3 is 1. The average molecular weight is 375 g/mol. The second-order valence-corrected chi connectivity index (χ2v) is 6.67. The number of hydrogen-bond acceptors (Lipinski definition) is 4. The Bertz CT molecular complexity index is 1110. The summed E-state index contributed by atoms with van der Waals surface area (Å²) >= 11 is 0. The van der Waals surface area contributed by atoms with Gasteiger partial charge in [0.25, 0.3) is 5.91 Å². The molecule has 4 aromatic rings. The summed E-state index contributed by atoms with van der Waals surface area (Å²) in [6, 6.07) is 20.9. The highest BCUT2D eigenvalue weighted by atomic mass is 16.5. The van der Waals surface area contributed by atoms with Gasteiger partial charge in [-0.1, -0.05) is 30.3 Å². The second-order valence-electron chi connectivity index (χ2n) is 6.67. The van der Waals surface area contributed by atoms with Crippen LogP contribution in [-0.2, 0) is 0 Å². The molecule has 0 saturated carbocycles. The molecule has 28 heavy (non-hydrogen) atoms. The molecule has 0 aliphatic rings. The molecule has 0 aliphatic carbocycles. The van der Waals surface area contributed by atoms with Crippen LogP contribution in [0.3, 0.4) is 0 Å². The van der Waals surface area contributed by atoms with E-state index >= 15 is 0 Å². The van der Waals surface area contributed by atoms with E-state index in [1.165, 1.54) is 0 Å². The van der Waals surface area contributed by atoms with Crippen molar-refractivity contribution in [2.75, 3.05) is 13.7 Å². The zero-order valence-corrected chi connectivity index (χ0v) is 15.8. The highest BCUT2D eigenvalue weighted by Crippen LogP contribution is 2.28. The molecule has 5 nitrogen and oxygen atoms in total. The Labute approximate surface area is 162 Å². The quantitative estimate of drug-likeness (QED) is 0.526. The van der Waals surface area contributed by atoms with Crippen LogP contribution in [-0.4, -0.2) is 25.7 Å². The zero-order valence-electron chi connectivity index (χ0n) is 15.8. The van der Waals surface area contributed by atoms with E-state index in [1.54, 1.807) is 13.2 Å². The fourth-order valence-corrected chi connectivity index (χ4v) is 3.13. The fraction of sp³-hybridized carbons (Fsp3) is 0.174. The Hall–Kier alpha value is -3.47. The Balaban J connectivity index is 1.43. The Morgan fingerprint density at radius 1 is 1.00 bits per heavy atom. The van der Waals surface area contributed by atoms with Crippen molar-refractivity contribution in [2.24, 2.45) is 0 Å². The predicted octanol–water partition coefficient (Wildman–Crippen LogP) is 4.79. The topological polar surface area (TPSA) is 60.7 Å². The number of nitrogens with one attached hydrogen (secondary N) is 1. The lowest BCUT2D eigenvalue weighted by molar-refractivity contribution is 0.0901. The minimum Gasteiger partial charge on any atom is -0.497 e. The molecule has 0 aliphatic heterocycles. The molecule has 1 atom stereocenters. The molecule has 142 valence electrons. The summed E-state index contributed by atoms with van der Waals surface area (Å²) in [7, 11) is 1.62. The third-order valence-electron chi connectivity index (χ3n) is 4.59. The van der Waals surface area contributed by atoms with Crippen molar-refractivity contribution in [1.82, 2.24) is 5.32 Å². The summed E-state index contributed by atoms with van der Waals surface area (Å²) in [6.45, 7) is 2.24. The molecule has 0 spiro atoms. The van der Waals surface area contributed by atoms with Crippen molar-refractivity contribution in [1.29, 1.82) is 0 Å². The molecule has 0 saturated heterocycles. The number of fused-ring (bicyclic) bond motifs is 3. The molecular weight excluding hydrogens is 354 g/mol. The Morgan fingerprint density at radius 2 is 1.75 bits per heavy atom. The van der Waals surface area contributed by atoms with Gasteiger partial charge in [0.1, 0.15) is 23.7 Å². The van der Waals surface area contributed by atoms with Crippen molar-refractivity contribution in [3.63, 3.8) is 0 Å². The molecule has 5 heteroatoms. The van der Waals surface area contributed by atoms with Gasteiger partial charge >= 0.3 is 0 Å². The van der Waals surface area contributed by atoms with Crippen LogP contribution in [0.4, 0.5) is 0 Å². The van der Waals surface area contributed by atoms with Crippen molar-refractivity contribution in [2.45, 2.75) is 13.0 Å². The normalized spacial score (nSPS) is 12.1. The smallest absolute Gasteiger partial charge is 0.287 e. The van der Waals surface area contributed by atoms with Gasteiger partial charge in [-0.2, -0.15) is 0 Å². The van der Waals surface area contributed by atoms with Crippen LogP contribution in [0.2, 0.25) is 0 Å². The van der Waals surface area contributed by atoms with Gasteiger partial charge < -0.3 is 19.2 Å². The fourth-order valence-electron chi connectivity index (χ4n) is 3.13. The lowest BCUT2D eigenvalue weighted by atomic mass is 10.1. The Morgan fingerprint density at radius 3 is 2.54 bits per heavy atom. The minimum atomic E-state index is -0.258. The minimum absolute atomic E-state index is 0.181. The van der Waals surface area contributed by atoms with Crippen LogP contribution in [0.15, 0.2) is 71.1 Å². The molecule has 1 aromatic heterocycles. The first-order chi connectivity index (χ1) is 13.6. The van der Waals surface area contributed by atoms with E-state index in [2.05, 4.69) is 5.32 Å². The van der Waals surface area contributed by atoms with Crippen LogP contribution in [0, 0.1) is 0 Å². The number of carbonyl (C=O) groups is 1. The van der Waals surface area contributed by atoms with Crippen molar-refractivity contribution < 1.29 is 18.7 Å². The van der Waals surface area contributed by atoms with Gasteiger partial charge in [0.15, 0.2) is 5.76 Å². The first-order valence-corrected chi connectivity index (χ1v) is 9.13. The van der Waals surface area contributed by atoms with Crippen molar-refractivity contribution in [3.05, 3.63) is 72.5 Å². The first kappa shape index (κ1) is 17.9. The van der Waals surface area contributed by atoms with Gasteiger partial charge in [0.05, 0.1) is 13.2 Å². The van der Waals surface area contributed by atoms with Crippen LogP contribution < -0.4 is 14.8 Å². The summed E-state index contributed by atoms with van der Waals surface area (Å²) in [5.41, 5.74) is 0.700. The number of amides is 1. The third kappa shape index (κ3) is 3.64. The van der Waals surface area contributed by atoms with Crippen LogP contribution in [0.1, 0.15) is 17.5 Å². The zero-order chi connectivity index (χ0) is 19.5. The number of furan rings is 1. The van der Waals surface area contributed by atoms with Gasteiger partial charge in [0.2, 0.25) is 0 Å². The molecule has 1 heterocycles. The maximum absolute atomic E-state index is 12.6. The highest BCUT2D eigenvalue weighted by Gasteiger charge is 2.16. The van der Waals surface area contributed by atoms with Crippen molar-refractivity contribution >= 4 is 27.6 Å². The summed E-state index contributed by atoms with van der Waals surface area (Å²) in [5, 5.41) is 6.03. The summed E-state index contributed by atoms with van der Waals surface area (Å²) in [5.74, 6) is 1.52. The number of carbonyl (C=O) groups excluding carboxylic acids is 1. The van der Waals surface area contributed by atoms with E-state index in [-0.39, 0.29) is 11.9 Å². The van der Waals surface area contributed by atoms with Gasteiger partial charge in [-0.25, -0.2) is 0 Å². The molecule has 3 aromatic carbocycles. The molecule has 1 unspecified atom stereocenters. The molecule has 0 radical (unpaired) electrons. The predicted molar refractivity (Wildman–Crippen MR) is 109 cm³/mol. The second kappa shape index (κ2) is 7.64. The van der Waals surface area contributed by atoms with E-state index in [0.29, 0.717) is 18.0 Å². The van der Waals surface area contributed by atoms with Gasteiger partial charge in [0, 0.05) is 5.39 Å². The van der Waals surface area contributed by atoms with E-state index in [9.17, 15) is 4.79 Å². The monoisotopic (exact) mass is 375 g/mol. The number of ether oxygens (including phenoxy) is 2. The number of rotatable bonds is 6. The maximum Gasteiger partial charge on any atom is 0.287 e. The SMILES string of the molecule is COc1ccc(OCC(C)NC(=O)c2cc3c(ccc4ccccc43)o2)cc1. The standard InChI is InChI=1S/C23H21NO4/c1-15(14-27-18-10-8-17(26-2)9-11-18)24-23(25)22-13-20-19-6-4-3-5-16(19)7-12-21(20)28-22/h3-13,15H,14H2,1-2H3,(H,24,25). The Kier molecular flexibility index (Phi) is 4.89. The van der Waals surface area contributed by atoms with E-state index < -0.39 is 0 Å². The number of benzene rings is 3. The van der Waals surface area contributed by atoms with Crippen LogP contribution in [0.25, 0.3) is 21.7 Å². The summed E-state index contributed by atoms with van der Waals surface area (Å²) < 4.78 is 16.6. The van der Waals surface area contributed by atoms with E-state index in [1.807, 2.05) is 67.6 Å². The van der Waals surface area contributed by atoms with E-state index in [4.69, 9.17) is 13.9 Å². The van der Waals surface area contributed by atoms with Crippen molar-refractivity contribution in [3.8, 4) is 11.5 Å². The summed E-state index contributed by atoms with van der Waals surface area (Å²) in [4.78, 5) is 12.6. The lowest BCUT2D eigenvalue weighted by Gasteiger charge is -2.14. The largest absolute Gasteiger partial charge is 0.497 e. The van der Waals surface area contributed by atoms with Gasteiger partial charge in [-0.3, -0.25) is 4.79 Å². The third-order valence-corrected chi connectivity index (χ3v) is 4.59. The van der Waals surface area contributed by atoms with Crippen LogP contribution >= 0.6 is 0 Å². The average Bonchev–Trinajstić information content (AvgIpc) is 3.18. The molecule has 4 rings (SSSR count). The molecular formula is C23H21NO4. The van der Waals surface area contributed by atoms with Crippen LogP contribution in [0.5, 0.6) is 11.5 Å². The molecule has 1 amide bonds. The molecule has 0 fully saturated rings. The number of hydrogen-bond donors (Lipinski definition) is 1. The maximum atomic E-state index is 12.6. The van der Waals surface area contributed by atoms with E-state index in [0.717, 1.165) is 27.7 Å². The highest BCUT2D eigenvalue weighted by molar-refractivity contribution is 6.08. The summed E-state index contributed by atoms with van der Waals surface area (Å²) in [6.07, 6.45) is 0. The van der Waals surface area contributed by atoms with Gasteiger partial charge in [-0.05, 0) is 54.1 Å². The first-order valence-electron chi connectivity index (χ1n) is 9.13. The molecule has 1 N–H and O–H groups in total. The lowest BCUT2D eigenvalue weighted by Crippen LogP contribution is -2.36.